The Labute approximate surface area is 141 Å². The second kappa shape index (κ2) is 8.90. The van der Waals surface area contributed by atoms with Crippen LogP contribution in [0.1, 0.15) is 31.4 Å². The second-order valence-corrected chi connectivity index (χ2v) is 10.8. The molecule has 0 radical (unpaired) electrons. The largest absolute Gasteiger partial charge is 0.483 e. The summed E-state index contributed by atoms with van der Waals surface area (Å²) in [4.78, 5) is 0. The molecule has 0 fully saturated rings. The topological polar surface area (TPSA) is 18.5 Å². The van der Waals surface area contributed by atoms with Crippen LogP contribution >= 0.6 is 0 Å². The Morgan fingerprint density at radius 2 is 1.52 bits per heavy atom. The van der Waals surface area contributed by atoms with Gasteiger partial charge in [-0.2, -0.15) is 0 Å². The molecule has 0 spiro atoms. The minimum Gasteiger partial charge on any atom is -0.483 e. The lowest BCUT2D eigenvalue weighted by Crippen LogP contribution is -2.33. The van der Waals surface area contributed by atoms with Crippen molar-refractivity contribution in [3.8, 4) is 5.75 Å². The Morgan fingerprint density at radius 3 is 2.13 bits per heavy atom. The fraction of sp³-hybridized carbons (Fsp3) is 0.400. The normalized spacial score (nSPS) is 12.8. The number of ether oxygens (including phenoxy) is 1. The van der Waals surface area contributed by atoms with Crippen molar-refractivity contribution in [2.75, 3.05) is 6.61 Å². The molecule has 0 saturated heterocycles. The van der Waals surface area contributed by atoms with Crippen molar-refractivity contribution < 1.29 is 9.16 Å². The Balaban J connectivity index is 2.05. The first-order chi connectivity index (χ1) is 11.1. The molecule has 2 nitrogen and oxygen atoms in total. The molecule has 2 rings (SSSR count). The van der Waals surface area contributed by atoms with E-state index in [1.807, 2.05) is 36.4 Å². The van der Waals surface area contributed by atoms with Crippen molar-refractivity contribution in [1.29, 1.82) is 0 Å². The molecule has 2 aromatic rings. The number of unbranched alkanes of at least 4 members (excludes halogenated alkanes) is 1. The second-order valence-electron chi connectivity index (χ2n) is 6.50. The standard InChI is InChI=1S/C20H28O2Si/c1-4-5-16-23(2,3)21-17-20(18-12-8-6-9-13-18)22-19-14-10-7-11-15-19/h6-15,20H,4-5,16-17H2,1-3H3. The maximum Gasteiger partial charge on any atom is 0.186 e. The molecule has 0 aliphatic carbocycles. The zero-order valence-corrected chi connectivity index (χ0v) is 15.5. The molecule has 0 aliphatic heterocycles. The van der Waals surface area contributed by atoms with Crippen LogP contribution in [0.3, 0.4) is 0 Å². The third-order valence-corrected chi connectivity index (χ3v) is 6.46. The predicted molar refractivity (Wildman–Crippen MR) is 99.4 cm³/mol. The van der Waals surface area contributed by atoms with Gasteiger partial charge in [-0.25, -0.2) is 0 Å². The molecule has 23 heavy (non-hydrogen) atoms. The highest BCUT2D eigenvalue weighted by molar-refractivity contribution is 6.71. The number of rotatable bonds is 9. The maximum atomic E-state index is 6.33. The molecule has 0 bridgehead atoms. The van der Waals surface area contributed by atoms with Crippen molar-refractivity contribution in [2.24, 2.45) is 0 Å². The zero-order chi connectivity index (χ0) is 16.5. The van der Waals surface area contributed by atoms with Crippen LogP contribution in [0.15, 0.2) is 60.7 Å². The lowest BCUT2D eigenvalue weighted by molar-refractivity contribution is 0.124. The summed E-state index contributed by atoms with van der Waals surface area (Å²) in [5, 5.41) is 0. The Hall–Kier alpha value is -1.58. The van der Waals surface area contributed by atoms with E-state index in [1.54, 1.807) is 0 Å². The predicted octanol–water partition coefficient (Wildman–Crippen LogP) is 5.83. The van der Waals surface area contributed by atoms with E-state index in [2.05, 4.69) is 44.3 Å². The molecule has 1 unspecified atom stereocenters. The molecular weight excluding hydrogens is 300 g/mol. The first-order valence-corrected chi connectivity index (χ1v) is 11.6. The SMILES string of the molecule is CCCC[Si](C)(C)OCC(Oc1ccccc1)c1ccccc1. The van der Waals surface area contributed by atoms with E-state index in [4.69, 9.17) is 9.16 Å². The highest BCUT2D eigenvalue weighted by Gasteiger charge is 2.24. The van der Waals surface area contributed by atoms with E-state index in [9.17, 15) is 0 Å². The van der Waals surface area contributed by atoms with Gasteiger partial charge in [0.05, 0.1) is 6.61 Å². The Kier molecular flexibility index (Phi) is 6.87. The minimum absolute atomic E-state index is 0.0630. The third-order valence-electron chi connectivity index (χ3n) is 3.95. The highest BCUT2D eigenvalue weighted by atomic mass is 28.4. The van der Waals surface area contributed by atoms with E-state index >= 15 is 0 Å². The van der Waals surface area contributed by atoms with Gasteiger partial charge in [0.1, 0.15) is 11.9 Å². The summed E-state index contributed by atoms with van der Waals surface area (Å²) in [6.07, 6.45) is 2.41. The van der Waals surface area contributed by atoms with Crippen molar-refractivity contribution >= 4 is 8.32 Å². The van der Waals surface area contributed by atoms with Gasteiger partial charge in [-0.05, 0) is 36.8 Å². The summed E-state index contributed by atoms with van der Waals surface area (Å²) in [5.74, 6) is 0.887. The summed E-state index contributed by atoms with van der Waals surface area (Å²) in [6, 6.07) is 21.5. The number of benzene rings is 2. The van der Waals surface area contributed by atoms with E-state index in [0.717, 1.165) is 11.3 Å². The first kappa shape index (κ1) is 17.8. The van der Waals surface area contributed by atoms with Crippen LogP contribution in [0.5, 0.6) is 5.75 Å². The van der Waals surface area contributed by atoms with E-state index in [-0.39, 0.29) is 6.10 Å². The smallest absolute Gasteiger partial charge is 0.186 e. The van der Waals surface area contributed by atoms with E-state index < -0.39 is 8.32 Å². The first-order valence-electron chi connectivity index (χ1n) is 8.51. The lowest BCUT2D eigenvalue weighted by Gasteiger charge is -2.27. The van der Waals surface area contributed by atoms with Crippen molar-refractivity contribution in [3.63, 3.8) is 0 Å². The number of hydrogen-bond acceptors (Lipinski definition) is 2. The maximum absolute atomic E-state index is 6.33. The summed E-state index contributed by atoms with van der Waals surface area (Å²) < 4.78 is 12.5. The summed E-state index contributed by atoms with van der Waals surface area (Å²) >= 11 is 0. The Bertz CT molecular complexity index is 554. The van der Waals surface area contributed by atoms with Gasteiger partial charge >= 0.3 is 0 Å². The highest BCUT2D eigenvalue weighted by Crippen LogP contribution is 2.24. The lowest BCUT2D eigenvalue weighted by atomic mass is 10.1. The summed E-state index contributed by atoms with van der Waals surface area (Å²) in [6.45, 7) is 7.44. The Morgan fingerprint density at radius 1 is 0.913 bits per heavy atom. The fourth-order valence-corrected chi connectivity index (χ4v) is 4.46. The van der Waals surface area contributed by atoms with Gasteiger partial charge in [0.15, 0.2) is 8.32 Å². The van der Waals surface area contributed by atoms with E-state index in [1.165, 1.54) is 18.9 Å². The molecule has 3 heteroatoms. The van der Waals surface area contributed by atoms with Crippen LogP contribution < -0.4 is 4.74 Å². The molecule has 2 aromatic carbocycles. The van der Waals surface area contributed by atoms with Gasteiger partial charge < -0.3 is 9.16 Å². The fourth-order valence-electron chi connectivity index (χ4n) is 2.51. The quantitative estimate of drug-likeness (QED) is 0.539. The zero-order valence-electron chi connectivity index (χ0n) is 14.5. The number of para-hydroxylation sites is 1. The van der Waals surface area contributed by atoms with Gasteiger partial charge in [-0.1, -0.05) is 68.3 Å². The molecule has 0 aliphatic rings. The van der Waals surface area contributed by atoms with Crippen molar-refractivity contribution in [3.05, 3.63) is 66.2 Å². The van der Waals surface area contributed by atoms with Gasteiger partial charge in [0, 0.05) is 0 Å². The van der Waals surface area contributed by atoms with E-state index in [0.29, 0.717) is 6.61 Å². The van der Waals surface area contributed by atoms with Crippen LogP contribution in [0.2, 0.25) is 19.1 Å². The molecule has 0 saturated carbocycles. The molecule has 0 amide bonds. The monoisotopic (exact) mass is 328 g/mol. The average Bonchev–Trinajstić information content (AvgIpc) is 2.58. The van der Waals surface area contributed by atoms with Gasteiger partial charge in [-0.15, -0.1) is 0 Å². The van der Waals surface area contributed by atoms with Crippen LogP contribution in [-0.2, 0) is 4.43 Å². The minimum atomic E-state index is -1.62. The molecular formula is C20H28O2Si. The van der Waals surface area contributed by atoms with Gasteiger partial charge in [0.25, 0.3) is 0 Å². The molecule has 0 aromatic heterocycles. The van der Waals surface area contributed by atoms with Gasteiger partial charge in [-0.3, -0.25) is 0 Å². The molecule has 0 N–H and O–H groups in total. The van der Waals surface area contributed by atoms with Gasteiger partial charge in [0.2, 0.25) is 0 Å². The molecule has 124 valence electrons. The summed E-state index contributed by atoms with van der Waals surface area (Å²) in [5.41, 5.74) is 1.16. The van der Waals surface area contributed by atoms with Crippen molar-refractivity contribution in [1.82, 2.24) is 0 Å². The third kappa shape index (κ3) is 6.20. The number of hydrogen-bond donors (Lipinski definition) is 0. The van der Waals surface area contributed by atoms with Crippen LogP contribution in [0.4, 0.5) is 0 Å². The molecule has 1 atom stereocenters. The molecule has 0 heterocycles. The van der Waals surface area contributed by atoms with Crippen LogP contribution in [0, 0.1) is 0 Å². The van der Waals surface area contributed by atoms with Crippen LogP contribution in [0.25, 0.3) is 0 Å². The average molecular weight is 329 g/mol. The van der Waals surface area contributed by atoms with Crippen molar-refractivity contribution in [2.45, 2.75) is 45.0 Å². The van der Waals surface area contributed by atoms with Crippen LogP contribution in [-0.4, -0.2) is 14.9 Å². The summed E-state index contributed by atoms with van der Waals surface area (Å²) in [7, 11) is -1.62.